The van der Waals surface area contributed by atoms with Crippen LogP contribution >= 0.6 is 0 Å². The van der Waals surface area contributed by atoms with Crippen molar-refractivity contribution in [3.05, 3.63) is 71.6 Å². The summed E-state index contributed by atoms with van der Waals surface area (Å²) < 4.78 is 10.6. The Balaban J connectivity index is 1.86. The molecule has 0 bridgehead atoms. The second-order valence-corrected chi connectivity index (χ2v) is 6.84. The minimum atomic E-state index is -0.363. The number of aromatic amines is 1. The summed E-state index contributed by atoms with van der Waals surface area (Å²) in [6.45, 7) is 3.57. The van der Waals surface area contributed by atoms with Crippen LogP contribution in [0.2, 0.25) is 0 Å². The summed E-state index contributed by atoms with van der Waals surface area (Å²) in [6, 6.07) is 14.4. The van der Waals surface area contributed by atoms with Crippen LogP contribution in [0.15, 0.2) is 60.4 Å². The van der Waals surface area contributed by atoms with Gasteiger partial charge >= 0.3 is 0 Å². The van der Waals surface area contributed by atoms with Crippen molar-refractivity contribution in [2.24, 2.45) is 0 Å². The molecule has 0 atom stereocenters. The number of amides is 2. The molecule has 7 heteroatoms. The number of aromatic nitrogens is 1. The third-order valence-electron chi connectivity index (χ3n) is 4.70. The lowest BCUT2D eigenvalue weighted by molar-refractivity contribution is -0.117. The van der Waals surface area contributed by atoms with Gasteiger partial charge in [-0.05, 0) is 49.8 Å². The van der Waals surface area contributed by atoms with Crippen molar-refractivity contribution in [3.63, 3.8) is 0 Å². The molecule has 3 aromatic rings. The van der Waals surface area contributed by atoms with Crippen LogP contribution in [0.25, 0.3) is 17.0 Å². The van der Waals surface area contributed by atoms with E-state index in [9.17, 15) is 9.59 Å². The SMILES string of the molecule is CCOCCCNC(=O)C(=Cc1c[nH]c2ccc(OC)cc12)NC(=O)c1ccccc1. The Bertz CT molecular complexity index is 1060. The molecular weight excluding hydrogens is 394 g/mol. The Morgan fingerprint density at radius 1 is 1.13 bits per heavy atom. The number of fused-ring (bicyclic) bond motifs is 1. The number of H-pyrrole nitrogens is 1. The predicted octanol–water partition coefficient (Wildman–Crippen LogP) is 3.49. The van der Waals surface area contributed by atoms with Crippen LogP contribution in [0.3, 0.4) is 0 Å². The van der Waals surface area contributed by atoms with E-state index >= 15 is 0 Å². The molecule has 1 heterocycles. The van der Waals surface area contributed by atoms with Crippen LogP contribution in [0.4, 0.5) is 0 Å². The molecule has 2 aromatic carbocycles. The van der Waals surface area contributed by atoms with Crippen molar-refractivity contribution in [2.75, 3.05) is 26.9 Å². The van der Waals surface area contributed by atoms with Gasteiger partial charge in [-0.25, -0.2) is 0 Å². The molecule has 0 saturated carbocycles. The van der Waals surface area contributed by atoms with Crippen LogP contribution in [0.1, 0.15) is 29.3 Å². The number of methoxy groups -OCH3 is 1. The fourth-order valence-electron chi connectivity index (χ4n) is 3.08. The van der Waals surface area contributed by atoms with E-state index in [0.717, 1.165) is 16.5 Å². The second-order valence-electron chi connectivity index (χ2n) is 6.84. The molecule has 0 unspecified atom stereocenters. The quantitative estimate of drug-likeness (QED) is 0.345. The van der Waals surface area contributed by atoms with Gasteiger partial charge in [-0.1, -0.05) is 18.2 Å². The fraction of sp³-hybridized carbons (Fsp3) is 0.250. The Kier molecular flexibility index (Phi) is 7.84. The van der Waals surface area contributed by atoms with E-state index in [0.29, 0.717) is 37.5 Å². The molecule has 0 aliphatic heterocycles. The highest BCUT2D eigenvalue weighted by atomic mass is 16.5. The zero-order chi connectivity index (χ0) is 22.1. The van der Waals surface area contributed by atoms with E-state index in [1.807, 2.05) is 31.2 Å². The average molecular weight is 421 g/mol. The minimum Gasteiger partial charge on any atom is -0.497 e. The van der Waals surface area contributed by atoms with E-state index in [1.165, 1.54) is 0 Å². The average Bonchev–Trinajstić information content (AvgIpc) is 3.20. The second kappa shape index (κ2) is 11.0. The smallest absolute Gasteiger partial charge is 0.267 e. The minimum absolute atomic E-state index is 0.161. The molecule has 0 fully saturated rings. The Labute approximate surface area is 181 Å². The number of ether oxygens (including phenoxy) is 2. The maximum absolute atomic E-state index is 12.9. The maximum Gasteiger partial charge on any atom is 0.267 e. The van der Waals surface area contributed by atoms with Gasteiger partial charge in [-0.2, -0.15) is 0 Å². The highest BCUT2D eigenvalue weighted by Crippen LogP contribution is 2.25. The van der Waals surface area contributed by atoms with Gasteiger partial charge in [-0.3, -0.25) is 9.59 Å². The number of carbonyl (C=O) groups is 2. The third-order valence-corrected chi connectivity index (χ3v) is 4.70. The van der Waals surface area contributed by atoms with E-state index < -0.39 is 0 Å². The van der Waals surface area contributed by atoms with E-state index in [4.69, 9.17) is 9.47 Å². The molecule has 0 aliphatic carbocycles. The first-order valence-electron chi connectivity index (χ1n) is 10.2. The molecular formula is C24H27N3O4. The standard InChI is InChI=1S/C24H27N3O4/c1-3-31-13-7-12-25-24(29)22(27-23(28)17-8-5-4-6-9-17)14-18-16-26-21-11-10-19(30-2)15-20(18)21/h4-6,8-11,14-16,26H,3,7,12-13H2,1-2H3,(H,25,29)(H,27,28). The lowest BCUT2D eigenvalue weighted by Crippen LogP contribution is -2.35. The monoisotopic (exact) mass is 421 g/mol. The first kappa shape index (κ1) is 22.1. The summed E-state index contributed by atoms with van der Waals surface area (Å²) in [5.74, 6) is -0.0104. The summed E-state index contributed by atoms with van der Waals surface area (Å²) in [5.41, 5.74) is 2.30. The zero-order valence-electron chi connectivity index (χ0n) is 17.7. The maximum atomic E-state index is 12.9. The molecule has 2 amide bonds. The summed E-state index contributed by atoms with van der Waals surface area (Å²) in [4.78, 5) is 28.7. The van der Waals surface area contributed by atoms with Crippen molar-refractivity contribution in [1.82, 2.24) is 15.6 Å². The molecule has 31 heavy (non-hydrogen) atoms. The van der Waals surface area contributed by atoms with Crippen molar-refractivity contribution in [2.45, 2.75) is 13.3 Å². The van der Waals surface area contributed by atoms with Gasteiger partial charge in [0.1, 0.15) is 11.4 Å². The van der Waals surface area contributed by atoms with Gasteiger partial charge in [0.15, 0.2) is 0 Å². The molecule has 162 valence electrons. The lowest BCUT2D eigenvalue weighted by atomic mass is 10.1. The van der Waals surface area contributed by atoms with Gasteiger partial charge in [0, 0.05) is 48.0 Å². The lowest BCUT2D eigenvalue weighted by Gasteiger charge is -2.11. The van der Waals surface area contributed by atoms with Gasteiger partial charge in [0.2, 0.25) is 0 Å². The highest BCUT2D eigenvalue weighted by Gasteiger charge is 2.15. The number of carbonyl (C=O) groups excluding carboxylic acids is 2. The van der Waals surface area contributed by atoms with Gasteiger partial charge in [0.25, 0.3) is 11.8 Å². The number of benzene rings is 2. The summed E-state index contributed by atoms with van der Waals surface area (Å²) in [6.07, 6.45) is 4.14. The number of nitrogens with one attached hydrogen (secondary N) is 3. The molecule has 0 saturated heterocycles. The molecule has 3 rings (SSSR count). The van der Waals surface area contributed by atoms with E-state index in [1.54, 1.807) is 43.6 Å². The molecule has 1 aromatic heterocycles. The van der Waals surface area contributed by atoms with Gasteiger partial charge < -0.3 is 25.1 Å². The molecule has 0 aliphatic rings. The number of hydrogen-bond donors (Lipinski definition) is 3. The van der Waals surface area contributed by atoms with E-state index in [2.05, 4.69) is 15.6 Å². The fourth-order valence-corrected chi connectivity index (χ4v) is 3.08. The first-order chi connectivity index (χ1) is 15.1. The Morgan fingerprint density at radius 3 is 2.68 bits per heavy atom. The van der Waals surface area contributed by atoms with Gasteiger partial charge in [0.05, 0.1) is 7.11 Å². The largest absolute Gasteiger partial charge is 0.497 e. The Morgan fingerprint density at radius 2 is 1.94 bits per heavy atom. The highest BCUT2D eigenvalue weighted by molar-refractivity contribution is 6.06. The summed E-state index contributed by atoms with van der Waals surface area (Å²) in [5, 5.41) is 6.48. The van der Waals surface area contributed by atoms with Crippen molar-refractivity contribution in [1.29, 1.82) is 0 Å². The van der Waals surface area contributed by atoms with Gasteiger partial charge in [-0.15, -0.1) is 0 Å². The Hall–Kier alpha value is -3.58. The van der Waals surface area contributed by atoms with Crippen molar-refractivity contribution >= 4 is 28.8 Å². The predicted molar refractivity (Wildman–Crippen MR) is 121 cm³/mol. The van der Waals surface area contributed by atoms with Crippen LogP contribution in [-0.4, -0.2) is 43.7 Å². The molecule has 7 nitrogen and oxygen atoms in total. The van der Waals surface area contributed by atoms with Crippen LogP contribution in [0.5, 0.6) is 5.75 Å². The molecule has 3 N–H and O–H groups in total. The third kappa shape index (κ3) is 5.96. The van der Waals surface area contributed by atoms with E-state index in [-0.39, 0.29) is 17.5 Å². The van der Waals surface area contributed by atoms with Crippen LogP contribution < -0.4 is 15.4 Å². The number of hydrogen-bond acceptors (Lipinski definition) is 4. The summed E-state index contributed by atoms with van der Waals surface area (Å²) >= 11 is 0. The molecule has 0 spiro atoms. The molecule has 0 radical (unpaired) electrons. The van der Waals surface area contributed by atoms with Crippen LogP contribution in [-0.2, 0) is 9.53 Å². The normalized spacial score (nSPS) is 11.4. The van der Waals surface area contributed by atoms with Crippen LogP contribution in [0, 0.1) is 0 Å². The van der Waals surface area contributed by atoms with Crippen molar-refractivity contribution in [3.8, 4) is 5.75 Å². The number of rotatable bonds is 10. The zero-order valence-corrected chi connectivity index (χ0v) is 17.7. The summed E-state index contributed by atoms with van der Waals surface area (Å²) in [7, 11) is 1.60. The first-order valence-corrected chi connectivity index (χ1v) is 10.2. The van der Waals surface area contributed by atoms with Crippen molar-refractivity contribution < 1.29 is 19.1 Å². The topological polar surface area (TPSA) is 92.4 Å².